The molecule has 2 aromatic rings. The number of aromatic nitrogens is 3. The minimum Gasteiger partial charge on any atom is -0.250 e. The molecule has 0 saturated heterocycles. The summed E-state index contributed by atoms with van der Waals surface area (Å²) in [5, 5.41) is 0. The van der Waals surface area contributed by atoms with Crippen LogP contribution in [0.4, 0.5) is 4.39 Å². The highest BCUT2D eigenvalue weighted by molar-refractivity contribution is 9.11. The summed E-state index contributed by atoms with van der Waals surface area (Å²) in [6, 6.07) is 2.88. The van der Waals surface area contributed by atoms with Crippen LogP contribution in [-0.2, 0) is 0 Å². The number of rotatable bonds is 1. The zero-order valence-electron chi connectivity index (χ0n) is 6.24. The highest BCUT2D eigenvalue weighted by atomic mass is 79.9. The molecule has 0 fully saturated rings. The molecule has 66 valence electrons. The molecule has 0 spiro atoms. The second-order valence-corrected chi connectivity index (χ2v) is 4.26. The Morgan fingerprint density at radius 2 is 2.23 bits per heavy atom. The highest BCUT2D eigenvalue weighted by Crippen LogP contribution is 2.19. The van der Waals surface area contributed by atoms with Gasteiger partial charge in [-0.15, -0.1) is 0 Å². The summed E-state index contributed by atoms with van der Waals surface area (Å²) in [5.74, 6) is 0.148. The van der Waals surface area contributed by atoms with Crippen molar-refractivity contribution in [3.63, 3.8) is 0 Å². The van der Waals surface area contributed by atoms with Gasteiger partial charge in [-0.25, -0.2) is 14.4 Å². The molecule has 0 aliphatic heterocycles. The van der Waals surface area contributed by atoms with Crippen LogP contribution < -0.4 is 0 Å². The largest absolute Gasteiger partial charge is 0.250 e. The van der Waals surface area contributed by atoms with E-state index in [1.54, 1.807) is 6.07 Å². The van der Waals surface area contributed by atoms with Crippen molar-refractivity contribution in [2.24, 2.45) is 0 Å². The molecule has 0 aliphatic carbocycles. The lowest BCUT2D eigenvalue weighted by atomic mass is 10.3. The molecule has 13 heavy (non-hydrogen) atoms. The smallest absolute Gasteiger partial charge is 0.192 e. The van der Waals surface area contributed by atoms with E-state index in [1.165, 1.54) is 17.6 Å². The maximum absolute atomic E-state index is 12.5. The van der Waals surface area contributed by atoms with Crippen LogP contribution in [0.15, 0.2) is 22.2 Å². The number of halogens is 2. The van der Waals surface area contributed by atoms with Crippen molar-refractivity contribution in [3.05, 3.63) is 28.1 Å². The molecular weight excluding hydrogens is 257 g/mol. The van der Waals surface area contributed by atoms with Crippen LogP contribution in [-0.4, -0.2) is 14.3 Å². The molecule has 0 unspecified atom stereocenters. The van der Waals surface area contributed by atoms with Crippen molar-refractivity contribution in [2.75, 3.05) is 0 Å². The van der Waals surface area contributed by atoms with E-state index in [1.807, 2.05) is 0 Å². The average Bonchev–Trinajstić information content (AvgIpc) is 2.53. The van der Waals surface area contributed by atoms with Crippen molar-refractivity contribution in [1.82, 2.24) is 14.3 Å². The topological polar surface area (TPSA) is 38.7 Å². The molecule has 0 N–H and O–H groups in total. The predicted octanol–water partition coefficient (Wildman–Crippen LogP) is 2.50. The van der Waals surface area contributed by atoms with Gasteiger partial charge < -0.3 is 0 Å². The van der Waals surface area contributed by atoms with Crippen molar-refractivity contribution >= 4 is 27.5 Å². The van der Waals surface area contributed by atoms with Crippen LogP contribution >= 0.6 is 27.5 Å². The molecule has 6 heteroatoms. The summed E-state index contributed by atoms with van der Waals surface area (Å²) in [4.78, 5) is 7.90. The van der Waals surface area contributed by atoms with Gasteiger partial charge in [-0.3, -0.25) is 0 Å². The van der Waals surface area contributed by atoms with Gasteiger partial charge in [0.25, 0.3) is 0 Å². The summed E-state index contributed by atoms with van der Waals surface area (Å²) < 4.78 is 17.2. The van der Waals surface area contributed by atoms with E-state index in [-0.39, 0.29) is 5.82 Å². The molecule has 2 heterocycles. The van der Waals surface area contributed by atoms with Crippen LogP contribution in [0.2, 0.25) is 0 Å². The average molecular weight is 260 g/mol. The maximum Gasteiger partial charge on any atom is 0.192 e. The first kappa shape index (κ1) is 8.71. The third kappa shape index (κ3) is 1.89. The molecule has 0 atom stereocenters. The van der Waals surface area contributed by atoms with Crippen LogP contribution in [0.5, 0.6) is 0 Å². The Balaban J connectivity index is 2.41. The van der Waals surface area contributed by atoms with Gasteiger partial charge in [0.1, 0.15) is 11.5 Å². The second kappa shape index (κ2) is 3.47. The fourth-order valence-electron chi connectivity index (χ4n) is 0.817. The van der Waals surface area contributed by atoms with Gasteiger partial charge in [0.2, 0.25) is 0 Å². The quantitative estimate of drug-likeness (QED) is 0.790. The maximum atomic E-state index is 12.5. The van der Waals surface area contributed by atoms with Gasteiger partial charge in [-0.05, 0) is 39.6 Å². The van der Waals surface area contributed by atoms with E-state index in [2.05, 4.69) is 30.3 Å². The third-order valence-corrected chi connectivity index (χ3v) is 2.48. The summed E-state index contributed by atoms with van der Waals surface area (Å²) in [5.41, 5.74) is 0.573. The van der Waals surface area contributed by atoms with Gasteiger partial charge >= 0.3 is 0 Å². The Morgan fingerprint density at radius 3 is 2.77 bits per heavy atom. The molecule has 3 nitrogen and oxygen atoms in total. The minimum atomic E-state index is -0.363. The predicted molar refractivity (Wildman–Crippen MR) is 50.8 cm³/mol. The van der Waals surface area contributed by atoms with Crippen molar-refractivity contribution < 1.29 is 4.39 Å². The number of pyridine rings is 1. The summed E-state index contributed by atoms with van der Waals surface area (Å²) in [7, 11) is 0. The molecule has 0 radical (unpaired) electrons. The fraction of sp³-hybridized carbons (Fsp3) is 0. The van der Waals surface area contributed by atoms with Gasteiger partial charge in [-0.2, -0.15) is 4.37 Å². The van der Waals surface area contributed by atoms with E-state index in [4.69, 9.17) is 0 Å². The van der Waals surface area contributed by atoms with E-state index in [9.17, 15) is 4.39 Å². The lowest BCUT2D eigenvalue weighted by Gasteiger charge is -1.91. The van der Waals surface area contributed by atoms with Crippen LogP contribution in [0.1, 0.15) is 0 Å². The number of hydrogen-bond donors (Lipinski definition) is 0. The van der Waals surface area contributed by atoms with E-state index >= 15 is 0 Å². The van der Waals surface area contributed by atoms with Gasteiger partial charge in [0, 0.05) is 0 Å². The Labute approximate surface area is 86.0 Å². The zero-order valence-corrected chi connectivity index (χ0v) is 8.64. The third-order valence-electron chi connectivity index (χ3n) is 1.36. The lowest BCUT2D eigenvalue weighted by Crippen LogP contribution is -1.85. The Hall–Kier alpha value is -0.880. The highest BCUT2D eigenvalue weighted by Gasteiger charge is 2.05. The van der Waals surface area contributed by atoms with Gasteiger partial charge in [0.15, 0.2) is 9.74 Å². The van der Waals surface area contributed by atoms with E-state index in [0.717, 1.165) is 6.20 Å². The van der Waals surface area contributed by atoms with Crippen molar-refractivity contribution in [1.29, 1.82) is 0 Å². The molecule has 2 aromatic heterocycles. The molecule has 0 aromatic carbocycles. The summed E-state index contributed by atoms with van der Waals surface area (Å²) in [6.45, 7) is 0. The second-order valence-electron chi connectivity index (χ2n) is 2.23. The SMILES string of the molecule is Fc1ccc(-c2nsc(Br)n2)nc1. The van der Waals surface area contributed by atoms with Crippen LogP contribution in [0, 0.1) is 5.82 Å². The Kier molecular flexibility index (Phi) is 2.32. The summed E-state index contributed by atoms with van der Waals surface area (Å²) >= 11 is 4.41. The number of hydrogen-bond acceptors (Lipinski definition) is 4. The summed E-state index contributed by atoms with van der Waals surface area (Å²) in [6.07, 6.45) is 1.14. The standard InChI is InChI=1S/C7H3BrFN3S/c8-7-11-6(12-13-7)5-2-1-4(9)3-10-5/h1-3H. The Morgan fingerprint density at radius 1 is 1.38 bits per heavy atom. The fourth-order valence-corrected chi connectivity index (χ4v) is 1.63. The first-order chi connectivity index (χ1) is 6.25. The molecule has 0 saturated carbocycles. The normalized spacial score (nSPS) is 10.3. The molecule has 0 amide bonds. The lowest BCUT2D eigenvalue weighted by molar-refractivity contribution is 0.621. The van der Waals surface area contributed by atoms with Gasteiger partial charge in [0.05, 0.1) is 6.20 Å². The molecular formula is C7H3BrFN3S. The van der Waals surface area contributed by atoms with Crippen LogP contribution in [0.25, 0.3) is 11.5 Å². The van der Waals surface area contributed by atoms with Gasteiger partial charge in [-0.1, -0.05) is 0 Å². The van der Waals surface area contributed by atoms with E-state index in [0.29, 0.717) is 15.4 Å². The Bertz CT molecular complexity index is 414. The first-order valence-electron chi connectivity index (χ1n) is 3.37. The molecule has 0 aliphatic rings. The molecule has 2 rings (SSSR count). The van der Waals surface area contributed by atoms with Crippen molar-refractivity contribution in [2.45, 2.75) is 0 Å². The van der Waals surface area contributed by atoms with Crippen molar-refractivity contribution in [3.8, 4) is 11.5 Å². The van der Waals surface area contributed by atoms with Crippen LogP contribution in [0.3, 0.4) is 0 Å². The zero-order chi connectivity index (χ0) is 9.26. The first-order valence-corrected chi connectivity index (χ1v) is 4.93. The minimum absolute atomic E-state index is 0.363. The monoisotopic (exact) mass is 259 g/mol. The number of nitrogens with zero attached hydrogens (tertiary/aromatic N) is 3. The van der Waals surface area contributed by atoms with E-state index < -0.39 is 0 Å². The molecule has 0 bridgehead atoms.